The smallest absolute Gasteiger partial charge is 0.213 e. The summed E-state index contributed by atoms with van der Waals surface area (Å²) in [5.74, 6) is 0.529. The predicted octanol–water partition coefficient (Wildman–Crippen LogP) is 5.50. The highest BCUT2D eigenvalue weighted by molar-refractivity contribution is 8.16. The SMILES string of the molecule is C=CSC(N)=NCc1cccc(F)n1.CC(C)SN.CC1CCCCC1. The number of thioether (sulfide) groups is 1. The Labute approximate surface area is 166 Å². The number of aliphatic imine (C=N–C) groups is 1. The number of nitrogens with two attached hydrogens (primary N) is 2. The van der Waals surface area contributed by atoms with Gasteiger partial charge in [0.25, 0.3) is 0 Å². The van der Waals surface area contributed by atoms with Crippen molar-refractivity contribution in [1.82, 2.24) is 4.98 Å². The summed E-state index contributed by atoms with van der Waals surface area (Å²) in [7, 11) is 0. The quantitative estimate of drug-likeness (QED) is 0.302. The van der Waals surface area contributed by atoms with Crippen molar-refractivity contribution in [3.63, 3.8) is 0 Å². The number of halogens is 1. The third-order valence-corrected chi connectivity index (χ3v) is 4.62. The third kappa shape index (κ3) is 15.2. The van der Waals surface area contributed by atoms with Crippen molar-refractivity contribution >= 4 is 28.9 Å². The second kappa shape index (κ2) is 16.1. The lowest BCUT2D eigenvalue weighted by Crippen LogP contribution is -2.05. The summed E-state index contributed by atoms with van der Waals surface area (Å²) < 4.78 is 12.6. The molecule has 148 valence electrons. The Bertz CT molecular complexity index is 518. The van der Waals surface area contributed by atoms with Crippen LogP contribution in [0.4, 0.5) is 4.39 Å². The Morgan fingerprint density at radius 2 is 2.00 bits per heavy atom. The van der Waals surface area contributed by atoms with Crippen molar-refractivity contribution in [2.24, 2.45) is 21.8 Å². The highest BCUT2D eigenvalue weighted by Crippen LogP contribution is 2.22. The number of aromatic nitrogens is 1. The first kappa shape index (κ1) is 24.9. The highest BCUT2D eigenvalue weighted by atomic mass is 32.2. The summed E-state index contributed by atoms with van der Waals surface area (Å²) >= 11 is 2.60. The molecule has 0 radical (unpaired) electrons. The maximum atomic E-state index is 12.6. The zero-order valence-corrected chi connectivity index (χ0v) is 17.8. The van der Waals surface area contributed by atoms with Crippen LogP contribution in [-0.2, 0) is 6.54 Å². The van der Waals surface area contributed by atoms with E-state index in [2.05, 4.69) is 37.3 Å². The van der Waals surface area contributed by atoms with Crippen molar-refractivity contribution in [3.05, 3.63) is 41.8 Å². The van der Waals surface area contributed by atoms with Crippen LogP contribution >= 0.6 is 23.7 Å². The Balaban J connectivity index is 0.000000431. The zero-order valence-electron chi connectivity index (χ0n) is 16.2. The number of hydrogen-bond donors (Lipinski definition) is 2. The molecule has 0 unspecified atom stereocenters. The fraction of sp³-hybridized carbons (Fsp3) is 0.579. The van der Waals surface area contributed by atoms with Gasteiger partial charge in [0.05, 0.1) is 12.2 Å². The second-order valence-electron chi connectivity index (χ2n) is 6.32. The van der Waals surface area contributed by atoms with Crippen LogP contribution in [0.5, 0.6) is 0 Å². The molecule has 0 atom stereocenters. The minimum absolute atomic E-state index is 0.282. The van der Waals surface area contributed by atoms with E-state index in [0.717, 1.165) is 5.92 Å². The van der Waals surface area contributed by atoms with Crippen LogP contribution in [0.2, 0.25) is 0 Å². The number of hydrogen-bond acceptors (Lipinski definition) is 5. The molecule has 1 heterocycles. The molecule has 1 aromatic heterocycles. The standard InChI is InChI=1S/C9H10FN3S.C7H14.C3H9NS/c1-2-14-9(11)12-6-7-4-3-5-8(10)13-7;1-7-5-3-2-4-6-7;1-3(2)5-4/h2-5H,1,6H2,(H2,11,12);7H,2-6H2,1H3;3H,4H2,1-2H3. The van der Waals surface area contributed by atoms with Gasteiger partial charge in [-0.1, -0.05) is 89.2 Å². The molecule has 0 spiro atoms. The molecule has 0 bridgehead atoms. The van der Waals surface area contributed by atoms with Gasteiger partial charge in [-0.05, 0) is 23.5 Å². The molecule has 1 aliphatic carbocycles. The molecular weight excluding hydrogens is 367 g/mol. The van der Waals surface area contributed by atoms with E-state index in [9.17, 15) is 4.39 Å². The van der Waals surface area contributed by atoms with Crippen LogP contribution < -0.4 is 10.9 Å². The summed E-state index contributed by atoms with van der Waals surface area (Å²) in [5.41, 5.74) is 6.04. The van der Waals surface area contributed by atoms with E-state index >= 15 is 0 Å². The largest absolute Gasteiger partial charge is 0.378 e. The normalized spacial score (nSPS) is 14.8. The molecule has 4 nitrogen and oxygen atoms in total. The molecular formula is C19H33FN4S2. The van der Waals surface area contributed by atoms with Crippen LogP contribution in [0.1, 0.15) is 58.6 Å². The molecule has 26 heavy (non-hydrogen) atoms. The van der Waals surface area contributed by atoms with E-state index in [-0.39, 0.29) is 6.54 Å². The van der Waals surface area contributed by atoms with Gasteiger partial charge < -0.3 is 5.73 Å². The third-order valence-electron chi connectivity index (χ3n) is 3.54. The van der Waals surface area contributed by atoms with Crippen LogP contribution in [0.25, 0.3) is 0 Å². The van der Waals surface area contributed by atoms with Crippen molar-refractivity contribution in [2.75, 3.05) is 0 Å². The zero-order chi connectivity index (χ0) is 19.8. The lowest BCUT2D eigenvalue weighted by Gasteiger charge is -2.15. The Hall–Kier alpha value is -1.05. The monoisotopic (exact) mass is 400 g/mol. The molecule has 4 N–H and O–H groups in total. The molecule has 1 aromatic rings. The van der Waals surface area contributed by atoms with Crippen molar-refractivity contribution < 1.29 is 4.39 Å². The Morgan fingerprint density at radius 1 is 1.38 bits per heavy atom. The first-order valence-corrected chi connectivity index (χ1v) is 10.8. The van der Waals surface area contributed by atoms with Crippen LogP contribution in [0, 0.1) is 11.9 Å². The molecule has 0 amide bonds. The van der Waals surface area contributed by atoms with E-state index in [4.69, 9.17) is 10.9 Å². The van der Waals surface area contributed by atoms with Gasteiger partial charge in [0, 0.05) is 5.25 Å². The van der Waals surface area contributed by atoms with Gasteiger partial charge >= 0.3 is 0 Å². The van der Waals surface area contributed by atoms with Crippen molar-refractivity contribution in [3.8, 4) is 0 Å². The summed E-state index contributed by atoms with van der Waals surface area (Å²) in [6, 6.07) is 4.57. The molecule has 7 heteroatoms. The maximum absolute atomic E-state index is 12.6. The number of rotatable bonds is 4. The Morgan fingerprint density at radius 3 is 2.42 bits per heavy atom. The fourth-order valence-corrected chi connectivity index (χ4v) is 2.44. The molecule has 1 aliphatic rings. The molecule has 1 fully saturated rings. The van der Waals surface area contributed by atoms with E-state index in [0.29, 0.717) is 16.1 Å². The number of nitrogens with zero attached hydrogens (tertiary/aromatic N) is 2. The second-order valence-corrected chi connectivity index (χ2v) is 8.52. The minimum Gasteiger partial charge on any atom is -0.378 e. The summed E-state index contributed by atoms with van der Waals surface area (Å²) in [5, 5.41) is 7.64. The predicted molar refractivity (Wildman–Crippen MR) is 116 cm³/mol. The van der Waals surface area contributed by atoms with Crippen molar-refractivity contribution in [2.45, 2.75) is 64.7 Å². The average Bonchev–Trinajstić information content (AvgIpc) is 2.62. The molecule has 0 saturated heterocycles. The van der Waals surface area contributed by atoms with Gasteiger partial charge in [-0.2, -0.15) is 4.39 Å². The topological polar surface area (TPSA) is 77.3 Å². The minimum atomic E-state index is -0.507. The summed E-state index contributed by atoms with van der Waals surface area (Å²) in [6.45, 7) is 10.3. The molecule has 0 aromatic carbocycles. The number of pyridine rings is 1. The van der Waals surface area contributed by atoms with E-state index < -0.39 is 5.95 Å². The first-order valence-electron chi connectivity index (χ1n) is 8.93. The van der Waals surface area contributed by atoms with Crippen molar-refractivity contribution in [1.29, 1.82) is 0 Å². The average molecular weight is 401 g/mol. The fourth-order valence-electron chi connectivity index (χ4n) is 2.13. The van der Waals surface area contributed by atoms with E-state index in [1.807, 2.05) is 0 Å². The lowest BCUT2D eigenvalue weighted by atomic mass is 9.91. The summed E-state index contributed by atoms with van der Waals surface area (Å²) in [6.07, 6.45) is 7.44. The molecule has 0 aliphatic heterocycles. The van der Waals surface area contributed by atoms with Gasteiger partial charge in [0.2, 0.25) is 5.95 Å². The van der Waals surface area contributed by atoms with Crippen LogP contribution in [0.15, 0.2) is 35.2 Å². The Kier molecular flexibility index (Phi) is 15.5. The van der Waals surface area contributed by atoms with Gasteiger partial charge in [0.1, 0.15) is 0 Å². The first-order chi connectivity index (χ1) is 12.4. The maximum Gasteiger partial charge on any atom is 0.213 e. The van der Waals surface area contributed by atoms with Gasteiger partial charge in [-0.15, -0.1) is 0 Å². The van der Waals surface area contributed by atoms with Gasteiger partial charge in [0.15, 0.2) is 5.17 Å². The van der Waals surface area contributed by atoms with E-state index in [1.54, 1.807) is 17.5 Å². The number of amidine groups is 1. The molecule has 1 saturated carbocycles. The highest BCUT2D eigenvalue weighted by Gasteiger charge is 2.05. The van der Waals surface area contributed by atoms with E-state index in [1.165, 1.54) is 61.9 Å². The van der Waals surface area contributed by atoms with Gasteiger partial charge in [-0.3, -0.25) is 10.1 Å². The van der Waals surface area contributed by atoms with Crippen LogP contribution in [0.3, 0.4) is 0 Å². The van der Waals surface area contributed by atoms with Gasteiger partial charge in [-0.25, -0.2) is 4.98 Å². The molecule has 2 rings (SSSR count). The summed E-state index contributed by atoms with van der Waals surface area (Å²) in [4.78, 5) is 7.62. The lowest BCUT2D eigenvalue weighted by molar-refractivity contribution is 0.385. The van der Waals surface area contributed by atoms with Crippen LogP contribution in [-0.4, -0.2) is 15.4 Å².